The Bertz CT molecular complexity index is 651. The molecule has 4 N–H and O–H groups in total. The number of hydrogen-bond donors (Lipinski definition) is 3. The van der Waals surface area contributed by atoms with Crippen LogP contribution in [0.3, 0.4) is 0 Å². The Morgan fingerprint density at radius 3 is 2.39 bits per heavy atom. The molecule has 2 aromatic carbocycles. The molecule has 0 fully saturated rings. The number of rotatable bonds is 6. The van der Waals surface area contributed by atoms with Crippen molar-refractivity contribution in [3.63, 3.8) is 0 Å². The lowest BCUT2D eigenvalue weighted by atomic mass is 9.99. The van der Waals surface area contributed by atoms with Gasteiger partial charge in [0.1, 0.15) is 0 Å². The van der Waals surface area contributed by atoms with Gasteiger partial charge >= 0.3 is 0 Å². The molecular weight excluding hydrogens is 288 g/mol. The van der Waals surface area contributed by atoms with E-state index in [1.165, 1.54) is 5.56 Å². The lowest BCUT2D eigenvalue weighted by Gasteiger charge is -2.15. The summed E-state index contributed by atoms with van der Waals surface area (Å²) in [6, 6.07) is 14.9. The normalized spacial score (nSPS) is 12.2. The maximum atomic E-state index is 12.1. The van der Waals surface area contributed by atoms with E-state index < -0.39 is 0 Å². The van der Waals surface area contributed by atoms with Crippen LogP contribution in [0.1, 0.15) is 52.9 Å². The number of carbonyl (C=O) groups is 1. The minimum absolute atomic E-state index is 0.0805. The summed E-state index contributed by atoms with van der Waals surface area (Å²) in [5.41, 5.74) is 9.66. The van der Waals surface area contributed by atoms with Crippen LogP contribution in [0.4, 0.5) is 0 Å². The van der Waals surface area contributed by atoms with Crippen molar-refractivity contribution in [1.82, 2.24) is 5.32 Å². The maximum absolute atomic E-state index is 12.1. The first kappa shape index (κ1) is 17.2. The highest BCUT2D eigenvalue weighted by Crippen LogP contribution is 2.17. The van der Waals surface area contributed by atoms with Crippen molar-refractivity contribution in [1.29, 1.82) is 0 Å². The zero-order valence-corrected chi connectivity index (χ0v) is 13.6. The summed E-state index contributed by atoms with van der Waals surface area (Å²) in [7, 11) is 0. The smallest absolute Gasteiger partial charge is 0.251 e. The molecule has 0 spiro atoms. The van der Waals surface area contributed by atoms with E-state index in [4.69, 9.17) is 10.8 Å². The van der Waals surface area contributed by atoms with E-state index in [0.717, 1.165) is 5.56 Å². The highest BCUT2D eigenvalue weighted by atomic mass is 16.3. The highest BCUT2D eigenvalue weighted by molar-refractivity contribution is 5.94. The second kappa shape index (κ2) is 7.90. The largest absolute Gasteiger partial charge is 0.392 e. The van der Waals surface area contributed by atoms with E-state index in [9.17, 15) is 4.79 Å². The van der Waals surface area contributed by atoms with Crippen LogP contribution in [0.25, 0.3) is 0 Å². The minimum atomic E-state index is -0.249. The van der Waals surface area contributed by atoms with Crippen molar-refractivity contribution < 1.29 is 9.90 Å². The van der Waals surface area contributed by atoms with Gasteiger partial charge in [-0.25, -0.2) is 0 Å². The van der Waals surface area contributed by atoms with Crippen molar-refractivity contribution in [2.45, 2.75) is 32.4 Å². The van der Waals surface area contributed by atoms with Crippen LogP contribution in [0.15, 0.2) is 48.5 Å². The fourth-order valence-corrected chi connectivity index (χ4v) is 2.36. The number of aliphatic hydroxyl groups excluding tert-OH is 1. The number of nitrogens with two attached hydrogens (primary N) is 1. The van der Waals surface area contributed by atoms with Crippen LogP contribution in [0.5, 0.6) is 0 Å². The Hall–Kier alpha value is -2.17. The number of amides is 1. The van der Waals surface area contributed by atoms with Crippen molar-refractivity contribution in [3.05, 3.63) is 70.8 Å². The Labute approximate surface area is 137 Å². The number of hydrogen-bond acceptors (Lipinski definition) is 3. The van der Waals surface area contributed by atoms with Gasteiger partial charge in [0.15, 0.2) is 0 Å². The molecule has 4 heteroatoms. The Morgan fingerprint density at radius 1 is 1.13 bits per heavy atom. The van der Waals surface area contributed by atoms with Crippen molar-refractivity contribution in [2.75, 3.05) is 6.54 Å². The van der Waals surface area contributed by atoms with Gasteiger partial charge in [-0.15, -0.1) is 0 Å². The van der Waals surface area contributed by atoms with Gasteiger partial charge in [0, 0.05) is 18.2 Å². The number of carbonyl (C=O) groups excluding carboxylic acids is 1. The molecule has 0 saturated carbocycles. The number of aliphatic hydroxyl groups is 1. The topological polar surface area (TPSA) is 75.3 Å². The van der Waals surface area contributed by atoms with Crippen LogP contribution in [-0.2, 0) is 6.61 Å². The van der Waals surface area contributed by atoms with Gasteiger partial charge in [0.2, 0.25) is 0 Å². The summed E-state index contributed by atoms with van der Waals surface area (Å²) in [6.07, 6.45) is 0. The summed E-state index contributed by atoms with van der Waals surface area (Å²) >= 11 is 0. The number of benzene rings is 2. The quantitative estimate of drug-likeness (QED) is 0.767. The lowest BCUT2D eigenvalue weighted by Crippen LogP contribution is -2.31. The van der Waals surface area contributed by atoms with Gasteiger partial charge in [-0.2, -0.15) is 0 Å². The molecule has 2 rings (SSSR count). The third-order valence-electron chi connectivity index (χ3n) is 3.89. The monoisotopic (exact) mass is 312 g/mol. The van der Waals surface area contributed by atoms with Crippen molar-refractivity contribution in [2.24, 2.45) is 5.73 Å². The summed E-state index contributed by atoms with van der Waals surface area (Å²) in [5, 5.41) is 12.0. The molecular formula is C19H24N2O2. The molecule has 122 valence electrons. The third-order valence-corrected chi connectivity index (χ3v) is 3.89. The van der Waals surface area contributed by atoms with Gasteiger partial charge in [-0.3, -0.25) is 4.79 Å². The van der Waals surface area contributed by atoms with Crippen LogP contribution in [0, 0.1) is 0 Å². The van der Waals surface area contributed by atoms with E-state index >= 15 is 0 Å². The lowest BCUT2D eigenvalue weighted by molar-refractivity contribution is 0.0951. The van der Waals surface area contributed by atoms with Gasteiger partial charge < -0.3 is 16.2 Å². The standard InChI is InChI=1S/C19H24N2O2/c1-13(2)15-6-8-16(9-7-15)18(20)11-21-19(23)17-5-3-4-14(10-17)12-22/h3-10,13,18,22H,11-12,20H2,1-2H3,(H,21,23). The molecule has 0 heterocycles. The molecule has 1 amide bonds. The SMILES string of the molecule is CC(C)c1ccc(C(N)CNC(=O)c2cccc(CO)c2)cc1. The maximum Gasteiger partial charge on any atom is 0.251 e. The third kappa shape index (κ3) is 4.65. The Balaban J connectivity index is 1.95. The van der Waals surface area contributed by atoms with Gasteiger partial charge in [0.05, 0.1) is 6.61 Å². The minimum Gasteiger partial charge on any atom is -0.392 e. The summed E-state index contributed by atoms with van der Waals surface area (Å²) < 4.78 is 0. The molecule has 0 aromatic heterocycles. The zero-order chi connectivity index (χ0) is 16.8. The second-order valence-electron chi connectivity index (χ2n) is 6.00. The molecule has 1 unspecified atom stereocenters. The molecule has 0 aliphatic heterocycles. The van der Waals surface area contributed by atoms with Crippen LogP contribution < -0.4 is 11.1 Å². The summed E-state index contributed by atoms with van der Waals surface area (Å²) in [5.74, 6) is 0.299. The highest BCUT2D eigenvalue weighted by Gasteiger charge is 2.10. The predicted molar refractivity (Wildman–Crippen MR) is 92.2 cm³/mol. The fraction of sp³-hybridized carbons (Fsp3) is 0.316. The Kier molecular flexibility index (Phi) is 5.90. The molecule has 0 bridgehead atoms. The molecule has 1 atom stereocenters. The molecule has 0 saturated heterocycles. The van der Waals surface area contributed by atoms with E-state index in [1.807, 2.05) is 12.1 Å². The van der Waals surface area contributed by atoms with Gasteiger partial charge in [-0.05, 0) is 34.7 Å². The van der Waals surface area contributed by atoms with Gasteiger partial charge in [0.25, 0.3) is 5.91 Å². The van der Waals surface area contributed by atoms with E-state index in [0.29, 0.717) is 23.6 Å². The van der Waals surface area contributed by atoms with E-state index in [-0.39, 0.29) is 18.6 Å². The molecule has 0 aliphatic carbocycles. The fourth-order valence-electron chi connectivity index (χ4n) is 2.36. The van der Waals surface area contributed by atoms with E-state index in [1.54, 1.807) is 24.3 Å². The van der Waals surface area contributed by atoms with Gasteiger partial charge in [-0.1, -0.05) is 50.2 Å². The van der Waals surface area contributed by atoms with Crippen LogP contribution >= 0.6 is 0 Å². The predicted octanol–water partition coefficient (Wildman–Crippen LogP) is 2.73. The molecule has 23 heavy (non-hydrogen) atoms. The first-order valence-corrected chi connectivity index (χ1v) is 7.84. The van der Waals surface area contributed by atoms with Crippen LogP contribution in [-0.4, -0.2) is 17.6 Å². The Morgan fingerprint density at radius 2 is 1.78 bits per heavy atom. The average Bonchev–Trinajstić information content (AvgIpc) is 2.59. The zero-order valence-electron chi connectivity index (χ0n) is 13.6. The van der Waals surface area contributed by atoms with E-state index in [2.05, 4.69) is 31.3 Å². The summed E-state index contributed by atoms with van der Waals surface area (Å²) in [6.45, 7) is 4.58. The van der Waals surface area contributed by atoms with Crippen molar-refractivity contribution >= 4 is 5.91 Å². The van der Waals surface area contributed by atoms with Crippen LogP contribution in [0.2, 0.25) is 0 Å². The molecule has 0 aliphatic rings. The van der Waals surface area contributed by atoms with Crippen molar-refractivity contribution in [3.8, 4) is 0 Å². The molecule has 4 nitrogen and oxygen atoms in total. The first-order valence-electron chi connectivity index (χ1n) is 7.84. The molecule has 2 aromatic rings. The average molecular weight is 312 g/mol. The second-order valence-corrected chi connectivity index (χ2v) is 6.00. The first-order chi connectivity index (χ1) is 11.0. The number of nitrogens with one attached hydrogen (secondary N) is 1. The molecule has 0 radical (unpaired) electrons. The summed E-state index contributed by atoms with van der Waals surface area (Å²) in [4.78, 5) is 12.1.